The van der Waals surface area contributed by atoms with E-state index in [0.29, 0.717) is 5.56 Å². The van der Waals surface area contributed by atoms with Crippen LogP contribution in [0, 0.1) is 0 Å². The lowest BCUT2D eigenvalue weighted by molar-refractivity contribution is 0.0952. The summed E-state index contributed by atoms with van der Waals surface area (Å²) in [6.07, 6.45) is 2.14. The van der Waals surface area contributed by atoms with Crippen LogP contribution in [0.4, 0.5) is 0 Å². The van der Waals surface area contributed by atoms with Gasteiger partial charge in [-0.25, -0.2) is 0 Å². The summed E-state index contributed by atoms with van der Waals surface area (Å²) in [4.78, 5) is 17.2. The van der Waals surface area contributed by atoms with Crippen LogP contribution in [0.5, 0.6) is 0 Å². The number of benzene rings is 2. The first-order valence-corrected chi connectivity index (χ1v) is 10.0. The van der Waals surface area contributed by atoms with Gasteiger partial charge >= 0.3 is 0 Å². The molecule has 1 aliphatic rings. The summed E-state index contributed by atoms with van der Waals surface area (Å²) in [5.74, 6) is -0.00254. The number of nitrogens with zero attached hydrogens (tertiary/aromatic N) is 2. The predicted octanol–water partition coefficient (Wildman–Crippen LogP) is 3.76. The van der Waals surface area contributed by atoms with Gasteiger partial charge in [0.2, 0.25) is 0 Å². The van der Waals surface area contributed by atoms with Gasteiger partial charge in [0.05, 0.1) is 0 Å². The Morgan fingerprint density at radius 3 is 2.15 bits per heavy atom. The van der Waals surface area contributed by atoms with Gasteiger partial charge in [-0.05, 0) is 61.8 Å². The summed E-state index contributed by atoms with van der Waals surface area (Å²) >= 11 is 5.93. The van der Waals surface area contributed by atoms with Crippen molar-refractivity contribution in [3.63, 3.8) is 0 Å². The van der Waals surface area contributed by atoms with Gasteiger partial charge in [0.15, 0.2) is 0 Å². The van der Waals surface area contributed by atoms with E-state index in [-0.39, 0.29) is 5.91 Å². The van der Waals surface area contributed by atoms with Gasteiger partial charge in [-0.15, -0.1) is 0 Å². The highest BCUT2D eigenvalue weighted by atomic mass is 35.5. The lowest BCUT2D eigenvalue weighted by Gasteiger charge is -2.32. The molecule has 0 bridgehead atoms. The highest BCUT2D eigenvalue weighted by Crippen LogP contribution is 2.21. The predicted molar refractivity (Wildman–Crippen MR) is 112 cm³/mol. The standard InChI is InChI=1S/C22H28ClN3O/c1-25-14-16-26(17-15-25)13-3-2-12-24-22(27)20-6-4-18(5-7-20)19-8-10-21(23)11-9-19/h4-11H,2-3,12-17H2,1H3,(H,24,27). The summed E-state index contributed by atoms with van der Waals surface area (Å²) in [5.41, 5.74) is 2.87. The fourth-order valence-electron chi connectivity index (χ4n) is 3.29. The van der Waals surface area contributed by atoms with Gasteiger partial charge in [-0.3, -0.25) is 4.79 Å². The molecule has 1 amide bonds. The fourth-order valence-corrected chi connectivity index (χ4v) is 3.42. The normalized spacial score (nSPS) is 15.6. The molecule has 0 spiro atoms. The van der Waals surface area contributed by atoms with Crippen LogP contribution >= 0.6 is 11.6 Å². The highest BCUT2D eigenvalue weighted by molar-refractivity contribution is 6.30. The molecule has 0 aliphatic carbocycles. The molecule has 0 aromatic heterocycles. The van der Waals surface area contributed by atoms with Gasteiger partial charge in [0.1, 0.15) is 0 Å². The van der Waals surface area contributed by atoms with Crippen LogP contribution in [0.2, 0.25) is 5.02 Å². The molecule has 1 N–H and O–H groups in total. The first-order valence-electron chi connectivity index (χ1n) is 9.67. The second kappa shape index (κ2) is 9.88. The fraction of sp³-hybridized carbons (Fsp3) is 0.409. The van der Waals surface area contributed by atoms with E-state index in [2.05, 4.69) is 22.2 Å². The molecule has 5 heteroatoms. The lowest BCUT2D eigenvalue weighted by atomic mass is 10.0. The minimum Gasteiger partial charge on any atom is -0.352 e. The molecular formula is C22H28ClN3O. The van der Waals surface area contributed by atoms with E-state index in [9.17, 15) is 4.79 Å². The zero-order chi connectivity index (χ0) is 19.1. The third-order valence-electron chi connectivity index (χ3n) is 5.11. The third kappa shape index (κ3) is 6.06. The smallest absolute Gasteiger partial charge is 0.251 e. The zero-order valence-corrected chi connectivity index (χ0v) is 16.7. The van der Waals surface area contributed by atoms with E-state index < -0.39 is 0 Å². The highest BCUT2D eigenvalue weighted by Gasteiger charge is 2.12. The number of hydrogen-bond acceptors (Lipinski definition) is 3. The number of carbonyl (C=O) groups excluding carboxylic acids is 1. The molecule has 0 radical (unpaired) electrons. The van der Waals surface area contributed by atoms with E-state index in [1.807, 2.05) is 48.5 Å². The van der Waals surface area contributed by atoms with Crippen molar-refractivity contribution < 1.29 is 4.79 Å². The first kappa shape index (κ1) is 19.9. The van der Waals surface area contributed by atoms with Crippen molar-refractivity contribution in [3.8, 4) is 11.1 Å². The molecule has 1 aliphatic heterocycles. The Balaban J connectivity index is 1.38. The minimum atomic E-state index is -0.00254. The topological polar surface area (TPSA) is 35.6 Å². The number of amides is 1. The number of piperazine rings is 1. The van der Waals surface area contributed by atoms with Crippen molar-refractivity contribution in [2.75, 3.05) is 46.3 Å². The molecular weight excluding hydrogens is 358 g/mol. The average molecular weight is 386 g/mol. The first-order chi connectivity index (χ1) is 13.1. The average Bonchev–Trinajstić information content (AvgIpc) is 2.70. The molecule has 0 saturated carbocycles. The molecule has 1 fully saturated rings. The SMILES string of the molecule is CN1CCN(CCCCNC(=O)c2ccc(-c3ccc(Cl)cc3)cc2)CC1. The number of likely N-dealkylation sites (N-methyl/N-ethyl adjacent to an activating group) is 1. The van der Waals surface area contributed by atoms with Crippen molar-refractivity contribution in [3.05, 3.63) is 59.1 Å². The summed E-state index contributed by atoms with van der Waals surface area (Å²) in [7, 11) is 2.18. The van der Waals surface area contributed by atoms with Crippen molar-refractivity contribution >= 4 is 17.5 Å². The summed E-state index contributed by atoms with van der Waals surface area (Å²) in [6, 6.07) is 15.4. The van der Waals surface area contributed by atoms with Crippen molar-refractivity contribution in [1.29, 1.82) is 0 Å². The summed E-state index contributed by atoms with van der Waals surface area (Å²) < 4.78 is 0. The maximum absolute atomic E-state index is 12.3. The molecule has 2 aromatic carbocycles. The number of carbonyl (C=O) groups is 1. The largest absolute Gasteiger partial charge is 0.352 e. The Labute approximate surface area is 167 Å². The second-order valence-electron chi connectivity index (χ2n) is 7.19. The molecule has 27 heavy (non-hydrogen) atoms. The molecule has 0 atom stereocenters. The number of rotatable bonds is 7. The number of halogens is 1. The van der Waals surface area contributed by atoms with Gasteiger partial charge in [-0.1, -0.05) is 35.9 Å². The van der Waals surface area contributed by atoms with E-state index in [1.54, 1.807) is 0 Å². The van der Waals surface area contributed by atoms with Crippen LogP contribution in [0.3, 0.4) is 0 Å². The Kier molecular flexibility index (Phi) is 7.27. The zero-order valence-electron chi connectivity index (χ0n) is 16.0. The van der Waals surface area contributed by atoms with E-state index in [1.165, 1.54) is 0 Å². The molecule has 0 unspecified atom stereocenters. The molecule has 1 saturated heterocycles. The summed E-state index contributed by atoms with van der Waals surface area (Å²) in [5, 5.41) is 3.75. The number of nitrogens with one attached hydrogen (secondary N) is 1. The van der Waals surface area contributed by atoms with Gasteiger partial charge < -0.3 is 15.1 Å². The molecule has 144 valence electrons. The van der Waals surface area contributed by atoms with Gasteiger partial charge in [-0.2, -0.15) is 0 Å². The lowest BCUT2D eigenvalue weighted by Crippen LogP contribution is -2.44. The molecule has 3 rings (SSSR count). The van der Waals surface area contributed by atoms with Crippen LogP contribution in [0.15, 0.2) is 48.5 Å². The molecule has 2 aromatic rings. The Morgan fingerprint density at radius 1 is 0.926 bits per heavy atom. The molecule has 1 heterocycles. The van der Waals surface area contributed by atoms with Crippen LogP contribution in [0.25, 0.3) is 11.1 Å². The van der Waals surface area contributed by atoms with Crippen LogP contribution in [-0.4, -0.2) is 62.0 Å². The monoisotopic (exact) mass is 385 g/mol. The maximum Gasteiger partial charge on any atom is 0.251 e. The van der Waals surface area contributed by atoms with E-state index in [0.717, 1.165) is 68.3 Å². The van der Waals surface area contributed by atoms with Crippen LogP contribution < -0.4 is 5.32 Å². The summed E-state index contributed by atoms with van der Waals surface area (Å²) in [6.45, 7) is 6.47. The second-order valence-corrected chi connectivity index (χ2v) is 7.63. The Bertz CT molecular complexity index is 722. The van der Waals surface area contributed by atoms with Crippen molar-refractivity contribution in [2.24, 2.45) is 0 Å². The number of unbranched alkanes of at least 4 members (excludes halogenated alkanes) is 1. The minimum absolute atomic E-state index is 0.00254. The van der Waals surface area contributed by atoms with E-state index >= 15 is 0 Å². The Hall–Kier alpha value is -1.88. The third-order valence-corrected chi connectivity index (χ3v) is 5.36. The Morgan fingerprint density at radius 2 is 1.52 bits per heavy atom. The van der Waals surface area contributed by atoms with Gasteiger partial charge in [0, 0.05) is 43.3 Å². The van der Waals surface area contributed by atoms with Gasteiger partial charge in [0.25, 0.3) is 5.91 Å². The maximum atomic E-state index is 12.3. The van der Waals surface area contributed by atoms with Crippen molar-refractivity contribution in [1.82, 2.24) is 15.1 Å². The van der Waals surface area contributed by atoms with Crippen molar-refractivity contribution in [2.45, 2.75) is 12.8 Å². The number of hydrogen-bond donors (Lipinski definition) is 1. The van der Waals surface area contributed by atoms with Crippen LogP contribution in [-0.2, 0) is 0 Å². The van der Waals surface area contributed by atoms with Crippen LogP contribution in [0.1, 0.15) is 23.2 Å². The molecule has 4 nitrogen and oxygen atoms in total. The quantitative estimate of drug-likeness (QED) is 0.737. The van der Waals surface area contributed by atoms with E-state index in [4.69, 9.17) is 11.6 Å².